The van der Waals surface area contributed by atoms with Crippen molar-refractivity contribution in [2.75, 3.05) is 19.0 Å². The molecule has 2 aromatic rings. The van der Waals surface area contributed by atoms with Gasteiger partial charge in [0.2, 0.25) is 0 Å². The minimum atomic E-state index is -0.403. The second-order valence-electron chi connectivity index (χ2n) is 6.50. The largest absolute Gasteiger partial charge is 0.465 e. The summed E-state index contributed by atoms with van der Waals surface area (Å²) < 4.78 is 6.60. The number of aromatic nitrogens is 2. The molecular weight excluding hydrogens is 352 g/mol. The molecule has 0 unspecified atom stereocenters. The molecule has 0 radical (unpaired) electrons. The van der Waals surface area contributed by atoms with Gasteiger partial charge in [-0.2, -0.15) is 5.10 Å². The lowest BCUT2D eigenvalue weighted by Crippen LogP contribution is -2.35. The first kappa shape index (κ1) is 18.6. The Bertz CT molecular complexity index is 825. The molecule has 0 saturated carbocycles. The van der Waals surface area contributed by atoms with Crippen molar-refractivity contribution in [3.05, 3.63) is 34.0 Å². The standard InChI is InChI=1S/C18H24N4O3S/c1-5-22-13(6-8-19-22)16(23)20-17-15(18(24)25-4)12-7-9-21(11(2)3)10-14(12)26-17/h6,8,11H,5,7,9-10H2,1-4H3,(H,20,23). The lowest BCUT2D eigenvalue weighted by molar-refractivity contribution is 0.0600. The van der Waals surface area contributed by atoms with Gasteiger partial charge in [-0.05, 0) is 38.8 Å². The molecule has 0 atom stereocenters. The quantitative estimate of drug-likeness (QED) is 0.812. The Kier molecular flexibility index (Phi) is 5.43. The van der Waals surface area contributed by atoms with E-state index in [-0.39, 0.29) is 5.91 Å². The fourth-order valence-corrected chi connectivity index (χ4v) is 4.47. The van der Waals surface area contributed by atoms with E-state index in [4.69, 9.17) is 4.74 Å². The number of amides is 1. The van der Waals surface area contributed by atoms with E-state index in [0.29, 0.717) is 28.8 Å². The maximum Gasteiger partial charge on any atom is 0.341 e. The summed E-state index contributed by atoms with van der Waals surface area (Å²) in [7, 11) is 1.37. The van der Waals surface area contributed by atoms with Crippen LogP contribution < -0.4 is 5.32 Å². The number of aryl methyl sites for hydroxylation is 1. The van der Waals surface area contributed by atoms with Crippen molar-refractivity contribution in [3.63, 3.8) is 0 Å². The molecule has 7 nitrogen and oxygen atoms in total. The van der Waals surface area contributed by atoms with Gasteiger partial charge in [0.1, 0.15) is 10.7 Å². The van der Waals surface area contributed by atoms with Gasteiger partial charge in [0.05, 0.1) is 12.7 Å². The summed E-state index contributed by atoms with van der Waals surface area (Å²) in [6.07, 6.45) is 2.37. The predicted octanol–water partition coefficient (Wildman–Crippen LogP) is 2.77. The van der Waals surface area contributed by atoms with Gasteiger partial charge < -0.3 is 10.1 Å². The van der Waals surface area contributed by atoms with E-state index in [1.165, 1.54) is 18.4 Å². The van der Waals surface area contributed by atoms with Gasteiger partial charge in [-0.15, -0.1) is 11.3 Å². The number of anilines is 1. The zero-order valence-electron chi connectivity index (χ0n) is 15.5. The molecular formula is C18H24N4O3S. The van der Waals surface area contributed by atoms with Gasteiger partial charge in [-0.3, -0.25) is 14.4 Å². The van der Waals surface area contributed by atoms with Crippen molar-refractivity contribution in [2.24, 2.45) is 0 Å². The number of esters is 1. The van der Waals surface area contributed by atoms with Crippen molar-refractivity contribution in [1.29, 1.82) is 0 Å². The maximum absolute atomic E-state index is 12.7. The van der Waals surface area contributed by atoms with Crippen molar-refractivity contribution >= 4 is 28.2 Å². The number of fused-ring (bicyclic) bond motifs is 1. The highest BCUT2D eigenvalue weighted by atomic mass is 32.1. The smallest absolute Gasteiger partial charge is 0.341 e. The Morgan fingerprint density at radius 2 is 2.19 bits per heavy atom. The summed E-state index contributed by atoms with van der Waals surface area (Å²) in [4.78, 5) is 28.5. The normalized spacial score (nSPS) is 14.3. The lowest BCUT2D eigenvalue weighted by atomic mass is 10.0. The minimum absolute atomic E-state index is 0.270. The predicted molar refractivity (Wildman–Crippen MR) is 101 cm³/mol. The summed E-state index contributed by atoms with van der Waals surface area (Å²) in [5.74, 6) is -0.673. The third-order valence-corrected chi connectivity index (χ3v) is 5.81. The van der Waals surface area contributed by atoms with E-state index in [1.54, 1.807) is 16.9 Å². The van der Waals surface area contributed by atoms with Crippen molar-refractivity contribution in [1.82, 2.24) is 14.7 Å². The zero-order chi connectivity index (χ0) is 18.8. The van der Waals surface area contributed by atoms with Crippen molar-refractivity contribution in [2.45, 2.75) is 46.3 Å². The Morgan fingerprint density at radius 3 is 2.85 bits per heavy atom. The number of thiophene rings is 1. The van der Waals surface area contributed by atoms with Crippen LogP contribution in [0.25, 0.3) is 0 Å². The molecule has 2 aromatic heterocycles. The summed E-state index contributed by atoms with van der Waals surface area (Å²) in [6.45, 7) is 8.52. The van der Waals surface area contributed by atoms with Gasteiger partial charge in [0.25, 0.3) is 5.91 Å². The second-order valence-corrected chi connectivity index (χ2v) is 7.61. The molecule has 1 aliphatic heterocycles. The number of nitrogens with zero attached hydrogens (tertiary/aromatic N) is 3. The van der Waals surface area contributed by atoms with Crippen LogP contribution in [-0.4, -0.2) is 46.3 Å². The molecule has 0 bridgehead atoms. The highest BCUT2D eigenvalue weighted by molar-refractivity contribution is 7.17. The molecule has 26 heavy (non-hydrogen) atoms. The monoisotopic (exact) mass is 376 g/mol. The first-order chi connectivity index (χ1) is 12.5. The summed E-state index contributed by atoms with van der Waals surface area (Å²) in [6, 6.07) is 2.11. The molecule has 0 saturated heterocycles. The molecule has 0 fully saturated rings. The molecule has 0 spiro atoms. The Balaban J connectivity index is 1.94. The average molecular weight is 376 g/mol. The third-order valence-electron chi connectivity index (χ3n) is 4.68. The molecule has 1 amide bonds. The van der Waals surface area contributed by atoms with Crippen LogP contribution in [0.2, 0.25) is 0 Å². The number of methoxy groups -OCH3 is 1. The fourth-order valence-electron chi connectivity index (χ4n) is 3.21. The van der Waals surface area contributed by atoms with Gasteiger partial charge in [-0.25, -0.2) is 4.79 Å². The molecule has 1 aliphatic rings. The van der Waals surface area contributed by atoms with E-state index in [1.807, 2.05) is 6.92 Å². The first-order valence-electron chi connectivity index (χ1n) is 8.76. The van der Waals surface area contributed by atoms with Crippen LogP contribution in [-0.2, 0) is 24.2 Å². The second kappa shape index (κ2) is 7.59. The maximum atomic E-state index is 12.7. The van der Waals surface area contributed by atoms with Gasteiger partial charge >= 0.3 is 5.97 Å². The van der Waals surface area contributed by atoms with E-state index < -0.39 is 5.97 Å². The number of nitrogens with one attached hydrogen (secondary N) is 1. The number of ether oxygens (including phenoxy) is 1. The number of hydrogen-bond acceptors (Lipinski definition) is 6. The third kappa shape index (κ3) is 3.39. The number of rotatable bonds is 5. The van der Waals surface area contributed by atoms with Gasteiger partial charge in [0.15, 0.2) is 0 Å². The fraction of sp³-hybridized carbons (Fsp3) is 0.500. The van der Waals surface area contributed by atoms with Crippen LogP contribution in [0.3, 0.4) is 0 Å². The van der Waals surface area contributed by atoms with E-state index in [2.05, 4.69) is 29.2 Å². The van der Waals surface area contributed by atoms with Crippen LogP contribution in [0, 0.1) is 0 Å². The molecule has 0 aliphatic carbocycles. The summed E-state index contributed by atoms with van der Waals surface area (Å²) in [5.41, 5.74) is 1.96. The van der Waals surface area contributed by atoms with Gasteiger partial charge in [0, 0.05) is 36.8 Å². The highest BCUT2D eigenvalue weighted by Crippen LogP contribution is 2.38. The van der Waals surface area contributed by atoms with Crippen LogP contribution in [0.5, 0.6) is 0 Å². The molecule has 140 valence electrons. The van der Waals surface area contributed by atoms with Crippen molar-refractivity contribution in [3.8, 4) is 0 Å². The van der Waals surface area contributed by atoms with Crippen LogP contribution in [0.4, 0.5) is 5.00 Å². The van der Waals surface area contributed by atoms with E-state index >= 15 is 0 Å². The Hall–Kier alpha value is -2.19. The number of carbonyl (C=O) groups excluding carboxylic acids is 2. The SMILES string of the molecule is CCn1nccc1C(=O)Nc1sc2c(c1C(=O)OC)CCN(C(C)C)C2. The topological polar surface area (TPSA) is 76.5 Å². The van der Waals surface area contributed by atoms with Crippen molar-refractivity contribution < 1.29 is 14.3 Å². The van der Waals surface area contributed by atoms with Crippen LogP contribution >= 0.6 is 11.3 Å². The summed E-state index contributed by atoms with van der Waals surface area (Å²) >= 11 is 1.46. The zero-order valence-corrected chi connectivity index (χ0v) is 16.4. The highest BCUT2D eigenvalue weighted by Gasteiger charge is 2.30. The molecule has 8 heteroatoms. The van der Waals surface area contributed by atoms with E-state index in [9.17, 15) is 9.59 Å². The van der Waals surface area contributed by atoms with Gasteiger partial charge in [-0.1, -0.05) is 0 Å². The average Bonchev–Trinajstić information content (AvgIpc) is 3.24. The number of hydrogen-bond donors (Lipinski definition) is 1. The molecule has 3 rings (SSSR count). The molecule has 0 aromatic carbocycles. The summed E-state index contributed by atoms with van der Waals surface area (Å²) in [5, 5.41) is 7.59. The number of carbonyl (C=O) groups is 2. The molecule has 3 heterocycles. The Labute approximate surface area is 156 Å². The van der Waals surface area contributed by atoms with Crippen LogP contribution in [0.1, 0.15) is 52.1 Å². The Morgan fingerprint density at radius 1 is 1.42 bits per heavy atom. The first-order valence-corrected chi connectivity index (χ1v) is 9.57. The van der Waals surface area contributed by atoms with Crippen LogP contribution in [0.15, 0.2) is 12.3 Å². The minimum Gasteiger partial charge on any atom is -0.465 e. The lowest BCUT2D eigenvalue weighted by Gasteiger charge is -2.30. The van der Waals surface area contributed by atoms with E-state index in [0.717, 1.165) is 30.0 Å². The molecule has 1 N–H and O–H groups in total.